The number of aromatic nitrogens is 2. The van der Waals surface area contributed by atoms with Gasteiger partial charge in [0.05, 0.1) is 0 Å². The van der Waals surface area contributed by atoms with E-state index in [0.717, 1.165) is 11.1 Å². The highest BCUT2D eigenvalue weighted by molar-refractivity contribution is 5.87. The molecule has 5 nitrogen and oxygen atoms in total. The second kappa shape index (κ2) is 5.01. The van der Waals surface area contributed by atoms with Gasteiger partial charge in [0.25, 0.3) is 0 Å². The van der Waals surface area contributed by atoms with Crippen LogP contribution in [-0.4, -0.2) is 21.2 Å². The number of rotatable bonds is 3. The molecule has 1 atom stereocenters. The summed E-state index contributed by atoms with van der Waals surface area (Å²) in [6.45, 7) is 1.64. The molecule has 1 unspecified atom stereocenters. The van der Waals surface area contributed by atoms with Gasteiger partial charge in [0.15, 0.2) is 11.2 Å². The largest absolute Gasteiger partial charge is 0.480 e. The Balaban J connectivity index is 1.96. The highest BCUT2D eigenvalue weighted by atomic mass is 16.5. The molecule has 1 aliphatic carbocycles. The van der Waals surface area contributed by atoms with Crippen LogP contribution in [0, 0.1) is 6.92 Å². The number of benzene rings is 1. The number of carbonyl (C=O) groups is 1. The molecule has 1 N–H and O–H groups in total. The number of allylic oxidation sites excluding steroid dienone is 3. The molecule has 1 aromatic carbocycles. The van der Waals surface area contributed by atoms with Gasteiger partial charge in [0, 0.05) is 6.92 Å². The van der Waals surface area contributed by atoms with Crippen LogP contribution >= 0.6 is 0 Å². The highest BCUT2D eigenvalue weighted by Gasteiger charge is 2.43. The molecule has 106 valence electrons. The SMILES string of the molecule is Cc1nc(C2(C(=O)O)C=CC(c3ccccc3)=CC2)no1. The van der Waals surface area contributed by atoms with Crippen LogP contribution in [0.4, 0.5) is 0 Å². The van der Waals surface area contributed by atoms with Crippen LogP contribution in [0.2, 0.25) is 0 Å². The number of hydrogen-bond acceptors (Lipinski definition) is 4. The van der Waals surface area contributed by atoms with Crippen molar-refractivity contribution in [1.29, 1.82) is 0 Å². The molecule has 0 bridgehead atoms. The fraction of sp³-hybridized carbons (Fsp3) is 0.188. The van der Waals surface area contributed by atoms with Gasteiger partial charge in [-0.2, -0.15) is 4.98 Å². The number of hydrogen-bond donors (Lipinski definition) is 1. The quantitative estimate of drug-likeness (QED) is 0.936. The van der Waals surface area contributed by atoms with E-state index in [4.69, 9.17) is 4.52 Å². The number of nitrogens with zero attached hydrogens (tertiary/aromatic N) is 2. The Labute approximate surface area is 121 Å². The van der Waals surface area contributed by atoms with Gasteiger partial charge >= 0.3 is 5.97 Å². The molecule has 0 aliphatic heterocycles. The molecule has 0 spiro atoms. The minimum atomic E-state index is -1.25. The predicted molar refractivity (Wildman–Crippen MR) is 76.5 cm³/mol. The van der Waals surface area contributed by atoms with Crippen molar-refractivity contribution in [2.75, 3.05) is 0 Å². The second-order valence-electron chi connectivity index (χ2n) is 4.98. The van der Waals surface area contributed by atoms with Crippen LogP contribution in [0.5, 0.6) is 0 Å². The zero-order valence-corrected chi connectivity index (χ0v) is 11.5. The van der Waals surface area contributed by atoms with Crippen molar-refractivity contribution in [1.82, 2.24) is 10.1 Å². The third kappa shape index (κ3) is 2.27. The molecule has 0 saturated carbocycles. The first-order valence-corrected chi connectivity index (χ1v) is 6.61. The Kier molecular flexibility index (Phi) is 3.17. The van der Waals surface area contributed by atoms with Crippen LogP contribution < -0.4 is 0 Å². The Morgan fingerprint density at radius 3 is 2.62 bits per heavy atom. The van der Waals surface area contributed by atoms with E-state index in [1.807, 2.05) is 36.4 Å². The highest BCUT2D eigenvalue weighted by Crippen LogP contribution is 2.35. The summed E-state index contributed by atoms with van der Waals surface area (Å²) in [4.78, 5) is 15.8. The van der Waals surface area contributed by atoms with Gasteiger partial charge in [-0.05, 0) is 17.6 Å². The molecule has 0 fully saturated rings. The molecule has 5 heteroatoms. The Hall–Kier alpha value is -2.69. The monoisotopic (exact) mass is 282 g/mol. The maximum atomic E-state index is 11.7. The van der Waals surface area contributed by atoms with Gasteiger partial charge in [0.2, 0.25) is 5.89 Å². The minimum absolute atomic E-state index is 0.187. The van der Waals surface area contributed by atoms with Crippen LogP contribution in [0.1, 0.15) is 23.7 Å². The lowest BCUT2D eigenvalue weighted by Crippen LogP contribution is -2.35. The summed E-state index contributed by atoms with van der Waals surface area (Å²) in [7, 11) is 0. The van der Waals surface area contributed by atoms with Gasteiger partial charge < -0.3 is 9.63 Å². The molecule has 0 saturated heterocycles. The summed E-state index contributed by atoms with van der Waals surface area (Å²) in [6.07, 6.45) is 5.64. The number of aliphatic carboxylic acids is 1. The van der Waals surface area contributed by atoms with Gasteiger partial charge in [-0.1, -0.05) is 53.7 Å². The van der Waals surface area contributed by atoms with Crippen molar-refractivity contribution in [2.45, 2.75) is 18.8 Å². The molecule has 0 radical (unpaired) electrons. The van der Waals surface area contributed by atoms with Crippen molar-refractivity contribution in [3.8, 4) is 0 Å². The van der Waals surface area contributed by atoms with E-state index >= 15 is 0 Å². The lowest BCUT2D eigenvalue weighted by molar-refractivity contribution is -0.142. The number of aryl methyl sites for hydroxylation is 1. The first kappa shape index (κ1) is 13.3. The molecule has 1 aromatic heterocycles. The summed E-state index contributed by atoms with van der Waals surface area (Å²) in [6, 6.07) is 9.82. The third-order valence-corrected chi connectivity index (χ3v) is 3.61. The van der Waals surface area contributed by atoms with E-state index in [0.29, 0.717) is 12.3 Å². The molecule has 1 heterocycles. The zero-order chi connectivity index (χ0) is 14.9. The Morgan fingerprint density at radius 1 is 1.33 bits per heavy atom. The number of carboxylic acids is 1. The fourth-order valence-electron chi connectivity index (χ4n) is 2.38. The predicted octanol–water partition coefficient (Wildman–Crippen LogP) is 2.74. The van der Waals surface area contributed by atoms with Gasteiger partial charge in [0.1, 0.15) is 0 Å². The molecule has 2 aromatic rings. The van der Waals surface area contributed by atoms with Gasteiger partial charge in [-0.25, -0.2) is 0 Å². The zero-order valence-electron chi connectivity index (χ0n) is 11.5. The van der Waals surface area contributed by atoms with Crippen LogP contribution in [-0.2, 0) is 10.2 Å². The lowest BCUT2D eigenvalue weighted by atomic mass is 9.78. The average molecular weight is 282 g/mol. The smallest absolute Gasteiger partial charge is 0.321 e. The standard InChI is InChI=1S/C16H14N2O3/c1-11-17-14(18-21-11)16(15(19)20)9-7-13(8-10-16)12-5-3-2-4-6-12/h2-9H,10H2,1H3,(H,19,20). The van der Waals surface area contributed by atoms with Gasteiger partial charge in [-0.3, -0.25) is 4.79 Å². The first-order valence-electron chi connectivity index (χ1n) is 6.61. The third-order valence-electron chi connectivity index (χ3n) is 3.61. The summed E-state index contributed by atoms with van der Waals surface area (Å²) < 4.78 is 4.93. The van der Waals surface area contributed by atoms with E-state index in [-0.39, 0.29) is 5.82 Å². The molecular formula is C16H14N2O3. The van der Waals surface area contributed by atoms with Crippen molar-refractivity contribution >= 4 is 11.5 Å². The molecule has 1 aliphatic rings. The van der Waals surface area contributed by atoms with Gasteiger partial charge in [-0.15, -0.1) is 0 Å². The molecular weight excluding hydrogens is 268 g/mol. The second-order valence-corrected chi connectivity index (χ2v) is 4.98. The molecule has 3 rings (SSSR count). The van der Waals surface area contributed by atoms with Crippen molar-refractivity contribution < 1.29 is 14.4 Å². The normalized spacial score (nSPS) is 21.1. The topological polar surface area (TPSA) is 76.2 Å². The molecule has 0 amide bonds. The maximum Gasteiger partial charge on any atom is 0.321 e. The van der Waals surface area contributed by atoms with Crippen LogP contribution in [0.3, 0.4) is 0 Å². The van der Waals surface area contributed by atoms with E-state index in [9.17, 15) is 9.90 Å². The summed E-state index contributed by atoms with van der Waals surface area (Å²) in [5, 5.41) is 13.4. The van der Waals surface area contributed by atoms with Crippen molar-refractivity contribution in [2.24, 2.45) is 0 Å². The van der Waals surface area contributed by atoms with E-state index in [1.54, 1.807) is 19.1 Å². The first-order chi connectivity index (χ1) is 10.1. The number of carboxylic acid groups (broad SMARTS) is 1. The fourth-order valence-corrected chi connectivity index (χ4v) is 2.38. The van der Waals surface area contributed by atoms with Crippen molar-refractivity contribution in [3.05, 3.63) is 65.8 Å². The van der Waals surface area contributed by atoms with E-state index in [1.165, 1.54) is 0 Å². The van der Waals surface area contributed by atoms with E-state index in [2.05, 4.69) is 10.1 Å². The van der Waals surface area contributed by atoms with Crippen molar-refractivity contribution in [3.63, 3.8) is 0 Å². The van der Waals surface area contributed by atoms with Crippen LogP contribution in [0.25, 0.3) is 5.57 Å². The van der Waals surface area contributed by atoms with Crippen LogP contribution in [0.15, 0.2) is 53.1 Å². The molecule has 21 heavy (non-hydrogen) atoms. The summed E-state index contributed by atoms with van der Waals surface area (Å²) in [5.74, 6) is -0.438. The Bertz CT molecular complexity index is 731. The minimum Gasteiger partial charge on any atom is -0.480 e. The van der Waals surface area contributed by atoms with E-state index < -0.39 is 11.4 Å². The summed E-state index contributed by atoms with van der Waals surface area (Å²) in [5.41, 5.74) is 0.792. The summed E-state index contributed by atoms with van der Waals surface area (Å²) >= 11 is 0. The average Bonchev–Trinajstić information content (AvgIpc) is 2.95. The lowest BCUT2D eigenvalue weighted by Gasteiger charge is -2.24. The maximum absolute atomic E-state index is 11.7. The Morgan fingerprint density at radius 2 is 2.10 bits per heavy atom.